The molecule has 2 aliphatic carbocycles. The third-order valence-electron chi connectivity index (χ3n) is 5.39. The van der Waals surface area contributed by atoms with Crippen LogP contribution in [0.2, 0.25) is 0 Å². The van der Waals surface area contributed by atoms with E-state index in [4.69, 9.17) is 0 Å². The highest BCUT2D eigenvalue weighted by Gasteiger charge is 2.29. The Hall–Kier alpha value is -0.260. The second-order valence-electron chi connectivity index (χ2n) is 6.90. The normalized spacial score (nSPS) is 30.5. The molecule has 2 rings (SSSR count). The monoisotopic (exact) mass is 234 g/mol. The largest absolute Gasteiger partial charge is 0.0999 e. The van der Waals surface area contributed by atoms with Gasteiger partial charge >= 0.3 is 0 Å². The average Bonchev–Trinajstić information content (AvgIpc) is 2.16. The lowest BCUT2D eigenvalue weighted by atomic mass is 9.68. The first-order valence-electron chi connectivity index (χ1n) is 7.80. The average molecular weight is 234 g/mol. The van der Waals surface area contributed by atoms with Gasteiger partial charge in [-0.25, -0.2) is 0 Å². The minimum atomic E-state index is 0.740. The van der Waals surface area contributed by atoms with Crippen LogP contribution in [0.25, 0.3) is 0 Å². The van der Waals surface area contributed by atoms with Crippen molar-refractivity contribution in [2.75, 3.05) is 0 Å². The fourth-order valence-electron chi connectivity index (χ4n) is 3.33. The first kappa shape index (κ1) is 13.2. The van der Waals surface area contributed by atoms with Crippen LogP contribution in [0.3, 0.4) is 0 Å². The van der Waals surface area contributed by atoms with Gasteiger partial charge in [0.05, 0.1) is 0 Å². The Labute approximate surface area is 108 Å². The van der Waals surface area contributed by atoms with Crippen molar-refractivity contribution in [2.45, 2.75) is 71.6 Å². The molecule has 17 heavy (non-hydrogen) atoms. The van der Waals surface area contributed by atoms with Gasteiger partial charge in [-0.2, -0.15) is 0 Å². The Kier molecular flexibility index (Phi) is 4.70. The quantitative estimate of drug-likeness (QED) is 0.504. The molecule has 0 radical (unpaired) electrons. The van der Waals surface area contributed by atoms with Crippen molar-refractivity contribution in [3.05, 3.63) is 12.2 Å². The van der Waals surface area contributed by atoms with Crippen LogP contribution in [0.4, 0.5) is 0 Å². The van der Waals surface area contributed by atoms with Gasteiger partial charge < -0.3 is 0 Å². The van der Waals surface area contributed by atoms with E-state index in [1.54, 1.807) is 6.42 Å². The number of hydrogen-bond donors (Lipinski definition) is 0. The van der Waals surface area contributed by atoms with E-state index >= 15 is 0 Å². The number of rotatable bonds is 7. The zero-order valence-corrected chi connectivity index (χ0v) is 11.9. The Balaban J connectivity index is 1.48. The molecular weight excluding hydrogens is 204 g/mol. The van der Waals surface area contributed by atoms with Crippen molar-refractivity contribution in [3.63, 3.8) is 0 Å². The molecule has 0 amide bonds. The molecule has 0 aliphatic heterocycles. The van der Waals surface area contributed by atoms with Crippen LogP contribution in [-0.4, -0.2) is 0 Å². The predicted octanol–water partition coefficient (Wildman–Crippen LogP) is 5.59. The Morgan fingerprint density at radius 1 is 1.06 bits per heavy atom. The molecule has 0 bridgehead atoms. The van der Waals surface area contributed by atoms with E-state index in [-0.39, 0.29) is 0 Å². The fraction of sp³-hybridized carbons (Fsp3) is 0.882. The van der Waals surface area contributed by atoms with Crippen molar-refractivity contribution in [1.82, 2.24) is 0 Å². The van der Waals surface area contributed by atoms with Crippen LogP contribution >= 0.6 is 0 Å². The van der Waals surface area contributed by atoms with E-state index in [9.17, 15) is 0 Å². The molecule has 0 heteroatoms. The summed E-state index contributed by atoms with van der Waals surface area (Å²) in [6, 6.07) is 0. The highest BCUT2D eigenvalue weighted by Crippen LogP contribution is 2.42. The van der Waals surface area contributed by atoms with E-state index in [1.165, 1.54) is 56.9 Å². The van der Waals surface area contributed by atoms with E-state index < -0.39 is 0 Å². The van der Waals surface area contributed by atoms with Gasteiger partial charge in [0.25, 0.3) is 0 Å². The summed E-state index contributed by atoms with van der Waals surface area (Å²) in [6.45, 7) is 8.56. The zero-order valence-electron chi connectivity index (χ0n) is 11.9. The maximum absolute atomic E-state index is 4.06. The SMILES string of the molecule is C=C(C)C(C)CCC1CC(CCC2CCC2)C1. The molecule has 0 aromatic heterocycles. The summed E-state index contributed by atoms with van der Waals surface area (Å²) < 4.78 is 0. The predicted molar refractivity (Wildman–Crippen MR) is 76.0 cm³/mol. The van der Waals surface area contributed by atoms with Crippen LogP contribution in [0, 0.1) is 23.7 Å². The maximum atomic E-state index is 4.06. The molecule has 2 saturated carbocycles. The molecule has 2 fully saturated rings. The summed E-state index contributed by atoms with van der Waals surface area (Å²) in [5.41, 5.74) is 1.37. The molecule has 98 valence electrons. The Morgan fingerprint density at radius 2 is 1.65 bits per heavy atom. The summed E-state index contributed by atoms with van der Waals surface area (Å²) in [7, 11) is 0. The van der Waals surface area contributed by atoms with Crippen LogP contribution in [0.1, 0.15) is 71.6 Å². The van der Waals surface area contributed by atoms with Crippen molar-refractivity contribution in [3.8, 4) is 0 Å². The van der Waals surface area contributed by atoms with Crippen molar-refractivity contribution in [1.29, 1.82) is 0 Å². The standard InChI is InChI=1S/C17H30/c1-13(2)14(3)7-8-16-11-17(12-16)10-9-15-5-4-6-15/h14-17H,1,4-12H2,2-3H3. The van der Waals surface area contributed by atoms with Crippen molar-refractivity contribution < 1.29 is 0 Å². The van der Waals surface area contributed by atoms with E-state index in [1.807, 2.05) is 0 Å². The van der Waals surface area contributed by atoms with Gasteiger partial charge in [-0.1, -0.05) is 51.2 Å². The molecule has 0 saturated heterocycles. The smallest absolute Gasteiger partial charge is 0.0237 e. The van der Waals surface area contributed by atoms with Crippen molar-refractivity contribution in [2.24, 2.45) is 23.7 Å². The highest BCUT2D eigenvalue weighted by atomic mass is 14.4. The van der Waals surface area contributed by atoms with Crippen LogP contribution in [0.15, 0.2) is 12.2 Å². The summed E-state index contributed by atoms with van der Waals surface area (Å²) >= 11 is 0. The number of hydrogen-bond acceptors (Lipinski definition) is 0. The lowest BCUT2D eigenvalue weighted by molar-refractivity contribution is 0.145. The van der Waals surface area contributed by atoms with Crippen LogP contribution < -0.4 is 0 Å². The zero-order chi connectivity index (χ0) is 12.3. The van der Waals surface area contributed by atoms with Gasteiger partial charge in [0.1, 0.15) is 0 Å². The van der Waals surface area contributed by atoms with Crippen LogP contribution in [0.5, 0.6) is 0 Å². The van der Waals surface area contributed by atoms with Crippen LogP contribution in [-0.2, 0) is 0 Å². The first-order valence-corrected chi connectivity index (χ1v) is 7.80. The summed E-state index contributed by atoms with van der Waals surface area (Å²) in [4.78, 5) is 0. The van der Waals surface area contributed by atoms with Crippen molar-refractivity contribution >= 4 is 0 Å². The van der Waals surface area contributed by atoms with Gasteiger partial charge in [0, 0.05) is 0 Å². The van der Waals surface area contributed by atoms with Gasteiger partial charge in [-0.3, -0.25) is 0 Å². The summed E-state index contributed by atoms with van der Waals surface area (Å²) in [5, 5.41) is 0. The first-order chi connectivity index (χ1) is 8.15. The van der Waals surface area contributed by atoms with Gasteiger partial charge in [0.2, 0.25) is 0 Å². The molecule has 0 aromatic carbocycles. The molecule has 1 atom stereocenters. The lowest BCUT2D eigenvalue weighted by Crippen LogP contribution is -2.25. The summed E-state index contributed by atoms with van der Waals surface area (Å²) in [6.07, 6.45) is 13.6. The highest BCUT2D eigenvalue weighted by molar-refractivity contribution is 4.94. The van der Waals surface area contributed by atoms with E-state index in [0.717, 1.165) is 23.7 Å². The molecule has 2 aliphatic rings. The Morgan fingerprint density at radius 3 is 2.18 bits per heavy atom. The second kappa shape index (κ2) is 6.07. The second-order valence-corrected chi connectivity index (χ2v) is 6.90. The third-order valence-corrected chi connectivity index (χ3v) is 5.39. The fourth-order valence-corrected chi connectivity index (χ4v) is 3.33. The topological polar surface area (TPSA) is 0 Å². The van der Waals surface area contributed by atoms with E-state index in [2.05, 4.69) is 20.4 Å². The molecule has 0 spiro atoms. The van der Waals surface area contributed by atoms with Gasteiger partial charge in [-0.15, -0.1) is 0 Å². The molecule has 0 N–H and O–H groups in total. The third kappa shape index (κ3) is 3.86. The molecule has 0 aromatic rings. The minimum absolute atomic E-state index is 0.740. The molecular formula is C17H30. The maximum Gasteiger partial charge on any atom is -0.0237 e. The van der Waals surface area contributed by atoms with Gasteiger partial charge in [0.15, 0.2) is 0 Å². The molecule has 1 unspecified atom stereocenters. The minimum Gasteiger partial charge on any atom is -0.0999 e. The van der Waals surface area contributed by atoms with E-state index in [0.29, 0.717) is 0 Å². The molecule has 0 heterocycles. The molecule has 0 nitrogen and oxygen atoms in total. The Bertz CT molecular complexity index is 243. The van der Waals surface area contributed by atoms with Gasteiger partial charge in [-0.05, 0) is 56.3 Å². The number of allylic oxidation sites excluding steroid dienone is 1. The summed E-state index contributed by atoms with van der Waals surface area (Å²) in [5.74, 6) is 4.02. The lowest BCUT2D eigenvalue weighted by Gasteiger charge is -2.38.